The summed E-state index contributed by atoms with van der Waals surface area (Å²) < 4.78 is 10.9. The van der Waals surface area contributed by atoms with Gasteiger partial charge in [0.2, 0.25) is 6.41 Å². The fraction of sp³-hybridized carbons (Fsp3) is 0.450. The van der Waals surface area contributed by atoms with Gasteiger partial charge in [0.1, 0.15) is 0 Å². The summed E-state index contributed by atoms with van der Waals surface area (Å²) in [4.78, 5) is 12.7. The Hall–Kier alpha value is -1.59. The minimum atomic E-state index is -0.0156. The summed E-state index contributed by atoms with van der Waals surface area (Å²) in [6, 6.07) is 10.1. The van der Waals surface area contributed by atoms with Crippen LogP contribution in [0.25, 0.3) is 0 Å². The van der Waals surface area contributed by atoms with Crippen LogP contribution in [0.2, 0.25) is 0 Å². The molecule has 0 bridgehead atoms. The molecule has 1 atom stereocenters. The zero-order chi connectivity index (χ0) is 20.7. The first kappa shape index (κ1) is 23.7. The number of hydrogen-bond acceptors (Lipinski definition) is 7. The third-order valence-electron chi connectivity index (χ3n) is 4.14. The Labute approximate surface area is 188 Å². The minimum absolute atomic E-state index is 0.0156. The normalized spacial score (nSPS) is 14.7. The van der Waals surface area contributed by atoms with Gasteiger partial charge in [-0.2, -0.15) is 5.11 Å². The summed E-state index contributed by atoms with van der Waals surface area (Å²) in [5, 5.41) is 10.3. The maximum absolute atomic E-state index is 11.1. The van der Waals surface area contributed by atoms with Crippen LogP contribution in [0.4, 0.5) is 0 Å². The summed E-state index contributed by atoms with van der Waals surface area (Å²) in [7, 11) is 3.53. The van der Waals surface area contributed by atoms with Crippen LogP contribution in [0.15, 0.2) is 64.8 Å². The summed E-state index contributed by atoms with van der Waals surface area (Å²) >= 11 is 2.28. The molecule has 0 spiro atoms. The Morgan fingerprint density at radius 3 is 2.97 bits per heavy atom. The van der Waals surface area contributed by atoms with Gasteiger partial charge in [-0.05, 0) is 44.8 Å². The second-order valence-electron chi connectivity index (χ2n) is 6.52. The van der Waals surface area contributed by atoms with Gasteiger partial charge in [-0.25, -0.2) is 0 Å². The highest BCUT2D eigenvalue weighted by Crippen LogP contribution is 2.21. The molecule has 1 amide bonds. The standard InChI is InChI=1S/C20H27IN4O3S/c1-24(16-26)14-19(8-10-28-17-27-9-5-11-29-21)20-12-22-23-25(15-20)13-18-6-3-2-4-7-18/h2-4,6-8,10,15-16,19H,5,9,11-14,17H2,1H3/b10-8+. The lowest BCUT2D eigenvalue weighted by atomic mass is 9.99. The fourth-order valence-electron chi connectivity index (χ4n) is 2.68. The van der Waals surface area contributed by atoms with E-state index in [-0.39, 0.29) is 12.7 Å². The van der Waals surface area contributed by atoms with E-state index < -0.39 is 0 Å². The van der Waals surface area contributed by atoms with Gasteiger partial charge in [0, 0.05) is 31.5 Å². The molecule has 29 heavy (non-hydrogen) atoms. The lowest BCUT2D eigenvalue weighted by Crippen LogP contribution is -2.27. The number of hydrogen-bond donors (Lipinski definition) is 0. The molecule has 0 fully saturated rings. The molecule has 9 heteroatoms. The molecular formula is C20H27IN4O3S. The molecule has 0 saturated heterocycles. The van der Waals surface area contributed by atoms with Crippen LogP contribution in [-0.4, -0.2) is 55.6 Å². The van der Waals surface area contributed by atoms with Gasteiger partial charge >= 0.3 is 0 Å². The van der Waals surface area contributed by atoms with Crippen molar-refractivity contribution < 1.29 is 14.3 Å². The van der Waals surface area contributed by atoms with Crippen LogP contribution in [0, 0.1) is 5.92 Å². The molecule has 0 aromatic heterocycles. The van der Waals surface area contributed by atoms with Crippen molar-refractivity contribution in [2.75, 3.05) is 39.3 Å². The van der Waals surface area contributed by atoms with Crippen LogP contribution >= 0.6 is 30.1 Å². The molecule has 0 radical (unpaired) electrons. The van der Waals surface area contributed by atoms with Gasteiger partial charge in [0.15, 0.2) is 6.79 Å². The quantitative estimate of drug-likeness (QED) is 0.117. The van der Waals surface area contributed by atoms with Crippen molar-refractivity contribution in [3.05, 3.63) is 60.0 Å². The topological polar surface area (TPSA) is 66.7 Å². The lowest BCUT2D eigenvalue weighted by molar-refractivity contribution is -0.117. The highest BCUT2D eigenvalue weighted by molar-refractivity contribution is 14.2. The second kappa shape index (κ2) is 14.4. The van der Waals surface area contributed by atoms with Gasteiger partial charge in [0.25, 0.3) is 0 Å². The predicted molar refractivity (Wildman–Crippen MR) is 124 cm³/mol. The molecule has 1 aliphatic heterocycles. The van der Waals surface area contributed by atoms with E-state index in [0.717, 1.165) is 29.7 Å². The fourth-order valence-corrected chi connectivity index (χ4v) is 3.84. The van der Waals surface area contributed by atoms with Gasteiger partial charge < -0.3 is 14.4 Å². The van der Waals surface area contributed by atoms with E-state index >= 15 is 0 Å². The Balaban J connectivity index is 1.93. The van der Waals surface area contributed by atoms with Crippen LogP contribution in [0.1, 0.15) is 12.0 Å². The van der Waals surface area contributed by atoms with Gasteiger partial charge in [0.05, 0.1) is 26.0 Å². The zero-order valence-electron chi connectivity index (χ0n) is 16.5. The van der Waals surface area contributed by atoms with Crippen molar-refractivity contribution in [2.24, 2.45) is 16.3 Å². The van der Waals surface area contributed by atoms with E-state index in [4.69, 9.17) is 9.47 Å². The summed E-state index contributed by atoms with van der Waals surface area (Å²) in [5.41, 5.74) is 2.23. The van der Waals surface area contributed by atoms with E-state index in [9.17, 15) is 4.79 Å². The molecule has 1 heterocycles. The monoisotopic (exact) mass is 530 g/mol. The lowest BCUT2D eigenvalue weighted by Gasteiger charge is -2.25. The molecule has 0 N–H and O–H groups in total. The molecule has 1 aliphatic rings. The highest BCUT2D eigenvalue weighted by atomic mass is 127. The Kier molecular flexibility index (Phi) is 11.8. The Bertz CT molecular complexity index is 688. The number of carbonyl (C=O) groups is 1. The van der Waals surface area contributed by atoms with Crippen LogP contribution < -0.4 is 0 Å². The smallest absolute Gasteiger partial charge is 0.209 e. The summed E-state index contributed by atoms with van der Waals surface area (Å²) in [5.74, 6) is 1.05. The first-order valence-corrected chi connectivity index (χ1v) is 12.9. The maximum Gasteiger partial charge on any atom is 0.209 e. The zero-order valence-corrected chi connectivity index (χ0v) is 19.5. The molecule has 1 aromatic rings. The van der Waals surface area contributed by atoms with E-state index in [1.54, 1.807) is 27.1 Å². The van der Waals surface area contributed by atoms with Crippen molar-refractivity contribution in [3.63, 3.8) is 0 Å². The Morgan fingerprint density at radius 1 is 1.38 bits per heavy atom. The number of benzene rings is 1. The molecular weight excluding hydrogens is 503 g/mol. The molecule has 2 rings (SSSR count). The largest absolute Gasteiger partial charge is 0.475 e. The minimum Gasteiger partial charge on any atom is -0.475 e. The SMILES string of the molecule is CN(C=O)CC(/C=C/OCOCCCSI)C1=CN(Cc2ccccc2)N=NC1. The first-order valence-electron chi connectivity index (χ1n) is 9.36. The number of amides is 1. The molecule has 158 valence electrons. The molecule has 1 unspecified atom stereocenters. The number of halogens is 1. The summed E-state index contributed by atoms with van der Waals surface area (Å²) in [6.45, 7) is 2.58. The highest BCUT2D eigenvalue weighted by Gasteiger charge is 2.18. The average Bonchev–Trinajstić information content (AvgIpc) is 2.75. The van der Waals surface area contributed by atoms with E-state index in [0.29, 0.717) is 26.2 Å². The number of ether oxygens (including phenoxy) is 2. The third-order valence-corrected chi connectivity index (χ3v) is 5.91. The van der Waals surface area contributed by atoms with Crippen LogP contribution in [0.5, 0.6) is 0 Å². The van der Waals surface area contributed by atoms with Gasteiger partial charge in [-0.15, -0.1) is 0 Å². The van der Waals surface area contributed by atoms with Crippen LogP contribution in [0.3, 0.4) is 0 Å². The number of carbonyl (C=O) groups excluding carboxylic acids is 1. The van der Waals surface area contributed by atoms with Gasteiger partial charge in [-0.1, -0.05) is 44.5 Å². The number of rotatable bonds is 14. The molecule has 7 nitrogen and oxygen atoms in total. The molecule has 1 aromatic carbocycles. The van der Waals surface area contributed by atoms with E-state index in [2.05, 4.69) is 43.7 Å². The van der Waals surface area contributed by atoms with E-state index in [1.807, 2.05) is 35.5 Å². The third kappa shape index (κ3) is 9.64. The van der Waals surface area contributed by atoms with Crippen molar-refractivity contribution in [1.29, 1.82) is 0 Å². The van der Waals surface area contributed by atoms with Crippen molar-refractivity contribution >= 4 is 36.5 Å². The van der Waals surface area contributed by atoms with Crippen LogP contribution in [-0.2, 0) is 20.8 Å². The number of nitrogens with zero attached hydrogens (tertiary/aromatic N) is 4. The average molecular weight is 530 g/mol. The van der Waals surface area contributed by atoms with Crippen molar-refractivity contribution in [2.45, 2.75) is 13.0 Å². The second-order valence-corrected chi connectivity index (χ2v) is 9.01. The summed E-state index contributed by atoms with van der Waals surface area (Å²) in [6.07, 6.45) is 7.42. The van der Waals surface area contributed by atoms with Crippen molar-refractivity contribution in [3.8, 4) is 0 Å². The molecule has 0 saturated carbocycles. The Morgan fingerprint density at radius 2 is 2.21 bits per heavy atom. The molecule has 0 aliphatic carbocycles. The maximum atomic E-state index is 11.1. The first-order chi connectivity index (χ1) is 14.2. The predicted octanol–water partition coefficient (Wildman–Crippen LogP) is 4.44. The van der Waals surface area contributed by atoms with E-state index in [1.165, 1.54) is 0 Å². The van der Waals surface area contributed by atoms with Gasteiger partial charge in [-0.3, -0.25) is 9.80 Å². The van der Waals surface area contributed by atoms with Crippen molar-refractivity contribution in [1.82, 2.24) is 9.91 Å².